The van der Waals surface area contributed by atoms with Crippen molar-refractivity contribution in [2.75, 3.05) is 0 Å². The fourth-order valence-corrected chi connectivity index (χ4v) is 4.72. The Balaban J connectivity index is 1.49. The zero-order valence-electron chi connectivity index (χ0n) is 15.7. The van der Waals surface area contributed by atoms with Gasteiger partial charge in [-0.05, 0) is 54.1 Å². The summed E-state index contributed by atoms with van der Waals surface area (Å²) in [6.45, 7) is 0. The summed E-state index contributed by atoms with van der Waals surface area (Å²) in [4.78, 5) is 30.5. The molecule has 31 heavy (non-hydrogen) atoms. The molecule has 5 nitrogen and oxygen atoms in total. The van der Waals surface area contributed by atoms with E-state index in [1.165, 1.54) is 23.5 Å². The Labute approximate surface area is 189 Å². The molecule has 0 spiro atoms. The van der Waals surface area contributed by atoms with Gasteiger partial charge in [0.25, 0.3) is 5.56 Å². The minimum atomic E-state index is -0.593. The molecular weight excluding hydrogens is 455 g/mol. The molecule has 0 saturated carbocycles. The van der Waals surface area contributed by atoms with Gasteiger partial charge in [-0.15, -0.1) is 0 Å². The molecule has 0 saturated heterocycles. The van der Waals surface area contributed by atoms with Gasteiger partial charge in [-0.1, -0.05) is 58.8 Å². The van der Waals surface area contributed by atoms with Gasteiger partial charge in [0.15, 0.2) is 4.96 Å². The van der Waals surface area contributed by atoms with Crippen LogP contribution in [-0.2, 0) is 0 Å². The summed E-state index contributed by atoms with van der Waals surface area (Å²) in [5.74, 6) is -0.256. The second kappa shape index (κ2) is 7.81. The van der Waals surface area contributed by atoms with E-state index in [1.54, 1.807) is 34.7 Å². The van der Waals surface area contributed by atoms with E-state index in [0.717, 1.165) is 16.6 Å². The number of carbonyl (C=O) groups is 1. The summed E-state index contributed by atoms with van der Waals surface area (Å²) in [6.07, 6.45) is 1.75. The molecule has 0 bridgehead atoms. The van der Waals surface area contributed by atoms with Crippen LogP contribution in [0, 0.1) is 0 Å². The minimum absolute atomic E-state index is 0.135. The number of halogens is 2. The monoisotopic (exact) mass is 466 g/mol. The van der Waals surface area contributed by atoms with Crippen molar-refractivity contribution in [2.45, 2.75) is 0 Å². The van der Waals surface area contributed by atoms with Crippen LogP contribution >= 0.6 is 34.5 Å². The van der Waals surface area contributed by atoms with Gasteiger partial charge in [0, 0.05) is 5.02 Å². The van der Waals surface area contributed by atoms with Crippen molar-refractivity contribution in [1.82, 2.24) is 9.38 Å². The number of para-hydroxylation sites is 2. The highest BCUT2D eigenvalue weighted by Gasteiger charge is 2.14. The fourth-order valence-electron chi connectivity index (χ4n) is 3.25. The molecule has 5 rings (SSSR count). The van der Waals surface area contributed by atoms with Crippen molar-refractivity contribution in [2.24, 2.45) is 0 Å². The van der Waals surface area contributed by atoms with Crippen molar-refractivity contribution < 1.29 is 9.53 Å². The van der Waals surface area contributed by atoms with E-state index in [1.807, 2.05) is 30.3 Å². The van der Waals surface area contributed by atoms with E-state index in [9.17, 15) is 9.59 Å². The number of imidazole rings is 1. The van der Waals surface area contributed by atoms with E-state index in [-0.39, 0.29) is 16.1 Å². The summed E-state index contributed by atoms with van der Waals surface area (Å²) in [6, 6.07) is 19.0. The topological polar surface area (TPSA) is 60.7 Å². The number of ether oxygens (including phenoxy) is 1. The number of esters is 1. The molecule has 3 aromatic carbocycles. The van der Waals surface area contributed by atoms with Crippen LogP contribution in [0.2, 0.25) is 10.0 Å². The first-order valence-electron chi connectivity index (χ1n) is 9.18. The predicted molar refractivity (Wildman–Crippen MR) is 123 cm³/mol. The SMILES string of the molecule is O=C(Oc1cccc(/C=c2\sc3nc4ccccc4n3c2=O)c1)c1ccc(Cl)cc1Cl. The second-order valence-electron chi connectivity index (χ2n) is 6.72. The van der Waals surface area contributed by atoms with E-state index in [0.29, 0.717) is 20.3 Å². The normalized spacial score (nSPS) is 12.0. The molecule has 152 valence electrons. The maximum Gasteiger partial charge on any atom is 0.345 e. The Bertz CT molecular complexity index is 1590. The standard InChI is InChI=1S/C23H12Cl2N2O3S/c24-14-8-9-16(17(25)12-14)22(29)30-15-5-3-4-13(10-15)11-20-21(28)27-19-7-2-1-6-18(19)26-23(27)31-20/h1-12H/b20-11-. The first-order valence-corrected chi connectivity index (χ1v) is 10.8. The number of hydrogen-bond donors (Lipinski definition) is 0. The highest BCUT2D eigenvalue weighted by Crippen LogP contribution is 2.23. The van der Waals surface area contributed by atoms with Crippen molar-refractivity contribution in [1.29, 1.82) is 0 Å². The number of aromatic nitrogens is 2. The smallest absolute Gasteiger partial charge is 0.345 e. The van der Waals surface area contributed by atoms with E-state index < -0.39 is 5.97 Å². The molecule has 0 atom stereocenters. The Hall–Kier alpha value is -3.19. The molecule has 0 N–H and O–H groups in total. The van der Waals surface area contributed by atoms with Crippen LogP contribution in [0.5, 0.6) is 5.75 Å². The van der Waals surface area contributed by atoms with Crippen molar-refractivity contribution in [3.8, 4) is 5.75 Å². The molecule has 0 unspecified atom stereocenters. The fraction of sp³-hybridized carbons (Fsp3) is 0. The average molecular weight is 467 g/mol. The second-order valence-corrected chi connectivity index (χ2v) is 8.57. The molecule has 0 amide bonds. The van der Waals surface area contributed by atoms with Gasteiger partial charge >= 0.3 is 5.97 Å². The number of fused-ring (bicyclic) bond motifs is 3. The van der Waals surface area contributed by atoms with Gasteiger partial charge in [-0.25, -0.2) is 14.2 Å². The lowest BCUT2D eigenvalue weighted by Crippen LogP contribution is -2.22. The lowest BCUT2D eigenvalue weighted by Gasteiger charge is -2.06. The summed E-state index contributed by atoms with van der Waals surface area (Å²) < 4.78 is 7.60. The average Bonchev–Trinajstić information content (AvgIpc) is 3.24. The molecule has 2 aromatic heterocycles. The minimum Gasteiger partial charge on any atom is -0.423 e. The van der Waals surface area contributed by atoms with Crippen molar-refractivity contribution >= 4 is 62.6 Å². The molecular formula is C23H12Cl2N2O3S. The number of nitrogens with zero attached hydrogens (tertiary/aromatic N) is 2. The molecule has 2 heterocycles. The highest BCUT2D eigenvalue weighted by atomic mass is 35.5. The third-order valence-electron chi connectivity index (χ3n) is 4.66. The van der Waals surface area contributed by atoms with Gasteiger partial charge in [0.05, 0.1) is 26.2 Å². The van der Waals surface area contributed by atoms with Crippen molar-refractivity contribution in [3.05, 3.63) is 103 Å². The third-order valence-corrected chi connectivity index (χ3v) is 6.18. The number of carbonyl (C=O) groups excluding carboxylic acids is 1. The van der Waals surface area contributed by atoms with Crippen LogP contribution in [0.25, 0.3) is 22.1 Å². The maximum atomic E-state index is 12.9. The Morgan fingerprint density at radius 2 is 1.87 bits per heavy atom. The summed E-state index contributed by atoms with van der Waals surface area (Å²) in [5, 5.41) is 0.645. The zero-order chi connectivity index (χ0) is 21.5. The van der Waals surface area contributed by atoms with Crippen LogP contribution in [0.15, 0.2) is 71.5 Å². The van der Waals surface area contributed by atoms with Gasteiger partial charge in [-0.2, -0.15) is 0 Å². The Morgan fingerprint density at radius 1 is 1.03 bits per heavy atom. The Morgan fingerprint density at radius 3 is 2.71 bits per heavy atom. The highest BCUT2D eigenvalue weighted by molar-refractivity contribution is 7.15. The quantitative estimate of drug-likeness (QED) is 0.277. The summed E-state index contributed by atoms with van der Waals surface area (Å²) in [7, 11) is 0. The van der Waals surface area contributed by atoms with Gasteiger partial charge in [-0.3, -0.25) is 4.79 Å². The predicted octanol–water partition coefficient (Wildman–Crippen LogP) is 4.98. The molecule has 8 heteroatoms. The molecule has 0 fully saturated rings. The molecule has 0 aliphatic heterocycles. The van der Waals surface area contributed by atoms with Gasteiger partial charge < -0.3 is 4.74 Å². The first-order chi connectivity index (χ1) is 15.0. The third kappa shape index (κ3) is 3.70. The van der Waals surface area contributed by atoms with E-state index in [4.69, 9.17) is 27.9 Å². The van der Waals surface area contributed by atoms with Crippen LogP contribution in [0.3, 0.4) is 0 Å². The number of rotatable bonds is 3. The Kier molecular flexibility index (Phi) is 4.98. The van der Waals surface area contributed by atoms with Crippen molar-refractivity contribution in [3.63, 3.8) is 0 Å². The van der Waals surface area contributed by atoms with Crippen LogP contribution in [-0.4, -0.2) is 15.4 Å². The van der Waals surface area contributed by atoms with Gasteiger partial charge in [0.1, 0.15) is 5.75 Å². The first kappa shape index (κ1) is 19.8. The summed E-state index contributed by atoms with van der Waals surface area (Å²) >= 11 is 13.3. The van der Waals surface area contributed by atoms with Gasteiger partial charge in [0.2, 0.25) is 0 Å². The molecule has 0 radical (unpaired) electrons. The molecule has 5 aromatic rings. The maximum absolute atomic E-state index is 12.9. The van der Waals surface area contributed by atoms with Crippen LogP contribution in [0.1, 0.15) is 15.9 Å². The number of benzene rings is 3. The summed E-state index contributed by atoms with van der Waals surface area (Å²) in [5.41, 5.74) is 2.37. The zero-order valence-corrected chi connectivity index (χ0v) is 18.0. The largest absolute Gasteiger partial charge is 0.423 e. The number of thiazole rings is 1. The molecule has 0 aliphatic rings. The van der Waals surface area contributed by atoms with E-state index >= 15 is 0 Å². The van der Waals surface area contributed by atoms with Crippen LogP contribution in [0.4, 0.5) is 0 Å². The van der Waals surface area contributed by atoms with E-state index in [2.05, 4.69) is 4.98 Å². The lowest BCUT2D eigenvalue weighted by molar-refractivity contribution is 0.0735. The lowest BCUT2D eigenvalue weighted by atomic mass is 10.2. The number of hydrogen-bond acceptors (Lipinski definition) is 5. The van der Waals surface area contributed by atoms with Crippen LogP contribution < -0.4 is 14.8 Å². The molecule has 0 aliphatic carbocycles.